The Morgan fingerprint density at radius 3 is 2.42 bits per heavy atom. The summed E-state index contributed by atoms with van der Waals surface area (Å²) in [5.41, 5.74) is 2.67. The predicted molar refractivity (Wildman–Crippen MR) is 101 cm³/mol. The van der Waals surface area contributed by atoms with Gasteiger partial charge in [-0.1, -0.05) is 36.4 Å². The summed E-state index contributed by atoms with van der Waals surface area (Å²) < 4.78 is 0. The third-order valence-electron chi connectivity index (χ3n) is 4.74. The largest absolute Gasteiger partial charge is 0.357 e. The minimum atomic E-state index is 0.491. The molecule has 0 amide bonds. The van der Waals surface area contributed by atoms with Crippen molar-refractivity contribution in [3.63, 3.8) is 0 Å². The fraction of sp³-hybridized carbons (Fsp3) is 0.550. The molecule has 4 nitrogen and oxygen atoms in total. The molecule has 1 aromatic carbocycles. The SMILES string of the molecule is CCNC(=NCc1ccc(CN2CCCC2)cc1)NC1CC=CC1. The average Bonchev–Trinajstić information content (AvgIpc) is 3.28. The summed E-state index contributed by atoms with van der Waals surface area (Å²) in [6, 6.07) is 9.44. The lowest BCUT2D eigenvalue weighted by molar-refractivity contribution is 0.331. The molecule has 1 aliphatic carbocycles. The van der Waals surface area contributed by atoms with E-state index in [0.717, 1.165) is 38.4 Å². The van der Waals surface area contributed by atoms with E-state index >= 15 is 0 Å². The fourth-order valence-electron chi connectivity index (χ4n) is 3.37. The van der Waals surface area contributed by atoms with Crippen molar-refractivity contribution in [2.75, 3.05) is 19.6 Å². The lowest BCUT2D eigenvalue weighted by Crippen LogP contribution is -2.42. The molecule has 1 aromatic rings. The molecule has 0 spiro atoms. The van der Waals surface area contributed by atoms with E-state index in [4.69, 9.17) is 4.99 Å². The van der Waals surface area contributed by atoms with Crippen LogP contribution in [0.3, 0.4) is 0 Å². The molecule has 2 N–H and O–H groups in total. The Bertz CT molecular complexity index is 548. The van der Waals surface area contributed by atoms with Gasteiger partial charge in [0.1, 0.15) is 0 Å². The molecule has 1 heterocycles. The summed E-state index contributed by atoms with van der Waals surface area (Å²) >= 11 is 0. The molecule has 0 unspecified atom stereocenters. The maximum Gasteiger partial charge on any atom is 0.191 e. The Morgan fingerprint density at radius 1 is 1.08 bits per heavy atom. The number of benzene rings is 1. The molecule has 0 saturated carbocycles. The summed E-state index contributed by atoms with van der Waals surface area (Å²) in [5.74, 6) is 0.923. The maximum absolute atomic E-state index is 4.74. The van der Waals surface area contributed by atoms with Crippen LogP contribution in [0.1, 0.15) is 43.7 Å². The number of aliphatic imine (C=N–C) groups is 1. The molecular formula is C20H30N4. The van der Waals surface area contributed by atoms with Gasteiger partial charge in [-0.2, -0.15) is 0 Å². The third-order valence-corrected chi connectivity index (χ3v) is 4.74. The lowest BCUT2D eigenvalue weighted by atomic mass is 10.1. The van der Waals surface area contributed by atoms with E-state index in [1.165, 1.54) is 37.1 Å². The summed E-state index contributed by atoms with van der Waals surface area (Å²) in [6.07, 6.45) is 9.36. The number of nitrogens with zero attached hydrogens (tertiary/aromatic N) is 2. The maximum atomic E-state index is 4.74. The Labute approximate surface area is 146 Å². The van der Waals surface area contributed by atoms with Crippen molar-refractivity contribution in [2.45, 2.75) is 51.7 Å². The van der Waals surface area contributed by atoms with E-state index in [-0.39, 0.29) is 0 Å². The number of guanidine groups is 1. The molecule has 3 rings (SSSR count). The van der Waals surface area contributed by atoms with Gasteiger partial charge in [-0.3, -0.25) is 4.90 Å². The minimum absolute atomic E-state index is 0.491. The van der Waals surface area contributed by atoms with Gasteiger partial charge in [0.2, 0.25) is 0 Å². The number of hydrogen-bond donors (Lipinski definition) is 2. The molecule has 0 bridgehead atoms. The lowest BCUT2D eigenvalue weighted by Gasteiger charge is -2.17. The van der Waals surface area contributed by atoms with Crippen molar-refractivity contribution >= 4 is 5.96 Å². The first-order valence-corrected chi connectivity index (χ1v) is 9.33. The molecule has 1 fully saturated rings. The summed E-state index contributed by atoms with van der Waals surface area (Å²) in [4.78, 5) is 7.27. The number of likely N-dealkylation sites (tertiary alicyclic amines) is 1. The number of nitrogens with one attached hydrogen (secondary N) is 2. The van der Waals surface area contributed by atoms with Crippen molar-refractivity contribution in [2.24, 2.45) is 4.99 Å². The molecule has 2 aliphatic rings. The Kier molecular flexibility index (Phi) is 6.30. The van der Waals surface area contributed by atoms with Crippen LogP contribution in [0.15, 0.2) is 41.4 Å². The van der Waals surface area contributed by atoms with E-state index in [0.29, 0.717) is 6.04 Å². The molecule has 1 aliphatic heterocycles. The first-order chi connectivity index (χ1) is 11.8. The Morgan fingerprint density at radius 2 is 1.75 bits per heavy atom. The monoisotopic (exact) mass is 326 g/mol. The zero-order valence-corrected chi connectivity index (χ0v) is 14.8. The van der Waals surface area contributed by atoms with Crippen LogP contribution in [-0.2, 0) is 13.1 Å². The Balaban J connectivity index is 1.52. The van der Waals surface area contributed by atoms with Crippen molar-refractivity contribution in [3.05, 3.63) is 47.5 Å². The Hall–Kier alpha value is -1.81. The normalized spacial score (nSPS) is 19.1. The molecule has 130 valence electrons. The van der Waals surface area contributed by atoms with Crippen LogP contribution in [-0.4, -0.2) is 36.5 Å². The van der Waals surface area contributed by atoms with Crippen molar-refractivity contribution in [1.29, 1.82) is 0 Å². The van der Waals surface area contributed by atoms with Crippen LogP contribution in [0, 0.1) is 0 Å². The second-order valence-electron chi connectivity index (χ2n) is 6.78. The van der Waals surface area contributed by atoms with Gasteiger partial charge in [0.15, 0.2) is 5.96 Å². The zero-order chi connectivity index (χ0) is 16.6. The second-order valence-corrected chi connectivity index (χ2v) is 6.78. The third kappa shape index (κ3) is 5.10. The molecule has 0 radical (unpaired) electrons. The van der Waals surface area contributed by atoms with Gasteiger partial charge in [0, 0.05) is 19.1 Å². The molecule has 0 aromatic heterocycles. The van der Waals surface area contributed by atoms with E-state index in [9.17, 15) is 0 Å². The van der Waals surface area contributed by atoms with Gasteiger partial charge in [-0.25, -0.2) is 4.99 Å². The highest BCUT2D eigenvalue weighted by Crippen LogP contribution is 2.14. The molecule has 0 atom stereocenters. The number of rotatable bonds is 6. The molecule has 4 heteroatoms. The first kappa shape index (κ1) is 17.0. The summed E-state index contributed by atoms with van der Waals surface area (Å²) in [6.45, 7) is 7.31. The van der Waals surface area contributed by atoms with Gasteiger partial charge in [-0.05, 0) is 56.8 Å². The quantitative estimate of drug-likeness (QED) is 0.479. The second kappa shape index (κ2) is 8.88. The van der Waals surface area contributed by atoms with Gasteiger partial charge in [0.25, 0.3) is 0 Å². The van der Waals surface area contributed by atoms with Crippen molar-refractivity contribution < 1.29 is 0 Å². The zero-order valence-electron chi connectivity index (χ0n) is 14.8. The standard InChI is InChI=1S/C20H30N4/c1-2-21-20(23-19-7-3-4-8-19)22-15-17-9-11-18(12-10-17)16-24-13-5-6-14-24/h3-4,9-12,19H,2,5-8,13-16H2,1H3,(H2,21,22,23). The van der Waals surface area contributed by atoms with Crippen LogP contribution in [0.5, 0.6) is 0 Å². The van der Waals surface area contributed by atoms with E-state index in [2.05, 4.69) is 58.9 Å². The van der Waals surface area contributed by atoms with Crippen LogP contribution >= 0.6 is 0 Å². The van der Waals surface area contributed by atoms with Crippen LogP contribution < -0.4 is 10.6 Å². The van der Waals surface area contributed by atoms with Crippen molar-refractivity contribution in [1.82, 2.24) is 15.5 Å². The van der Waals surface area contributed by atoms with Gasteiger partial charge >= 0.3 is 0 Å². The van der Waals surface area contributed by atoms with Crippen LogP contribution in [0.25, 0.3) is 0 Å². The highest BCUT2D eigenvalue weighted by molar-refractivity contribution is 5.80. The number of hydrogen-bond acceptors (Lipinski definition) is 2. The first-order valence-electron chi connectivity index (χ1n) is 9.33. The predicted octanol–water partition coefficient (Wildman–Crippen LogP) is 3.06. The average molecular weight is 326 g/mol. The summed E-state index contributed by atoms with van der Waals surface area (Å²) in [7, 11) is 0. The molecule has 24 heavy (non-hydrogen) atoms. The van der Waals surface area contributed by atoms with Crippen LogP contribution in [0.4, 0.5) is 0 Å². The minimum Gasteiger partial charge on any atom is -0.357 e. The smallest absolute Gasteiger partial charge is 0.191 e. The van der Waals surface area contributed by atoms with Gasteiger partial charge in [-0.15, -0.1) is 0 Å². The summed E-state index contributed by atoms with van der Waals surface area (Å²) in [5, 5.41) is 6.86. The highest BCUT2D eigenvalue weighted by atomic mass is 15.2. The highest BCUT2D eigenvalue weighted by Gasteiger charge is 2.12. The topological polar surface area (TPSA) is 39.7 Å². The van der Waals surface area contributed by atoms with Gasteiger partial charge in [0.05, 0.1) is 6.54 Å². The van der Waals surface area contributed by atoms with E-state index in [1.807, 2.05) is 0 Å². The van der Waals surface area contributed by atoms with Crippen molar-refractivity contribution in [3.8, 4) is 0 Å². The van der Waals surface area contributed by atoms with E-state index < -0.39 is 0 Å². The molecular weight excluding hydrogens is 296 g/mol. The van der Waals surface area contributed by atoms with E-state index in [1.54, 1.807) is 0 Å². The fourth-order valence-corrected chi connectivity index (χ4v) is 3.37. The van der Waals surface area contributed by atoms with Gasteiger partial charge < -0.3 is 10.6 Å². The molecule has 1 saturated heterocycles. The van der Waals surface area contributed by atoms with Crippen LogP contribution in [0.2, 0.25) is 0 Å².